The van der Waals surface area contributed by atoms with Gasteiger partial charge in [0.05, 0.1) is 11.5 Å². The second kappa shape index (κ2) is 6.27. The fourth-order valence-corrected chi connectivity index (χ4v) is 1.60. The molecule has 0 aliphatic carbocycles. The van der Waals surface area contributed by atoms with Crippen LogP contribution in [0.4, 0.5) is 11.5 Å². The molecule has 1 atom stereocenters. The zero-order valence-corrected chi connectivity index (χ0v) is 11.9. The van der Waals surface area contributed by atoms with Gasteiger partial charge in [-0.05, 0) is 13.0 Å². The van der Waals surface area contributed by atoms with Crippen molar-refractivity contribution >= 4 is 11.5 Å². The third kappa shape index (κ3) is 3.51. The number of hydrogen-bond donors (Lipinski definition) is 0. The van der Waals surface area contributed by atoms with Crippen molar-refractivity contribution in [1.82, 2.24) is 15.1 Å². The van der Waals surface area contributed by atoms with Crippen LogP contribution in [0.1, 0.15) is 24.7 Å². The summed E-state index contributed by atoms with van der Waals surface area (Å²) in [6, 6.07) is 2.96. The highest BCUT2D eigenvalue weighted by Gasteiger charge is 2.15. The first-order valence-corrected chi connectivity index (χ1v) is 6.18. The van der Waals surface area contributed by atoms with Crippen LogP contribution in [0.2, 0.25) is 0 Å². The predicted octanol–water partition coefficient (Wildman–Crippen LogP) is 1.72. The Bertz CT molecular complexity index is 612. The monoisotopic (exact) mass is 293 g/mol. The minimum Gasteiger partial charge on any atom is -0.374 e. The van der Waals surface area contributed by atoms with Crippen LogP contribution in [0.25, 0.3) is 0 Å². The van der Waals surface area contributed by atoms with Crippen molar-refractivity contribution in [2.45, 2.75) is 19.6 Å². The third-order valence-corrected chi connectivity index (χ3v) is 2.91. The molecule has 2 aromatic heterocycles. The van der Waals surface area contributed by atoms with Gasteiger partial charge in [-0.2, -0.15) is 4.98 Å². The van der Waals surface area contributed by atoms with E-state index >= 15 is 0 Å². The Hall–Kier alpha value is -2.55. The molecule has 0 N–H and O–H groups in total. The van der Waals surface area contributed by atoms with Gasteiger partial charge < -0.3 is 14.2 Å². The summed E-state index contributed by atoms with van der Waals surface area (Å²) in [5.41, 5.74) is -0.0545. The molecular formula is C12H15N5O4. The number of ether oxygens (including phenoxy) is 1. The minimum absolute atomic E-state index is 0.0545. The molecule has 0 unspecified atom stereocenters. The maximum atomic E-state index is 10.6. The van der Waals surface area contributed by atoms with E-state index in [4.69, 9.17) is 9.26 Å². The van der Waals surface area contributed by atoms with Gasteiger partial charge in [-0.3, -0.25) is 10.1 Å². The largest absolute Gasteiger partial charge is 0.374 e. The first kappa shape index (κ1) is 14.9. The summed E-state index contributed by atoms with van der Waals surface area (Å²) < 4.78 is 10.2. The van der Waals surface area contributed by atoms with Gasteiger partial charge in [0, 0.05) is 20.2 Å². The van der Waals surface area contributed by atoms with E-state index in [9.17, 15) is 10.1 Å². The highest BCUT2D eigenvalue weighted by Crippen LogP contribution is 2.17. The Morgan fingerprint density at radius 2 is 2.29 bits per heavy atom. The van der Waals surface area contributed by atoms with Gasteiger partial charge >= 0.3 is 0 Å². The number of rotatable bonds is 6. The molecule has 2 rings (SSSR count). The maximum Gasteiger partial charge on any atom is 0.287 e. The lowest BCUT2D eigenvalue weighted by Crippen LogP contribution is -2.18. The summed E-state index contributed by atoms with van der Waals surface area (Å²) >= 11 is 0. The van der Waals surface area contributed by atoms with Crippen LogP contribution in [0, 0.1) is 10.1 Å². The van der Waals surface area contributed by atoms with E-state index in [0.29, 0.717) is 24.1 Å². The lowest BCUT2D eigenvalue weighted by Gasteiger charge is -2.14. The molecule has 21 heavy (non-hydrogen) atoms. The van der Waals surface area contributed by atoms with Crippen molar-refractivity contribution in [3.8, 4) is 0 Å². The number of nitrogens with zero attached hydrogens (tertiary/aromatic N) is 5. The topological polar surface area (TPSA) is 107 Å². The Labute approximate surface area is 120 Å². The molecule has 0 aliphatic rings. The number of aromatic nitrogens is 3. The van der Waals surface area contributed by atoms with Gasteiger partial charge in [-0.25, -0.2) is 4.98 Å². The molecular weight excluding hydrogens is 278 g/mol. The normalized spacial score (nSPS) is 12.1. The van der Waals surface area contributed by atoms with Gasteiger partial charge in [-0.15, -0.1) is 0 Å². The highest BCUT2D eigenvalue weighted by atomic mass is 16.6. The molecule has 9 nitrogen and oxygen atoms in total. The van der Waals surface area contributed by atoms with Crippen molar-refractivity contribution < 1.29 is 14.2 Å². The molecule has 0 aliphatic heterocycles. The van der Waals surface area contributed by atoms with Crippen molar-refractivity contribution in [2.24, 2.45) is 0 Å². The molecule has 0 amide bonds. The zero-order valence-electron chi connectivity index (χ0n) is 11.9. The van der Waals surface area contributed by atoms with E-state index in [1.807, 2.05) is 6.92 Å². The smallest absolute Gasteiger partial charge is 0.287 e. The Balaban J connectivity index is 2.05. The predicted molar refractivity (Wildman–Crippen MR) is 72.7 cm³/mol. The number of anilines is 1. The first-order chi connectivity index (χ1) is 10.0. The molecule has 0 bridgehead atoms. The summed E-state index contributed by atoms with van der Waals surface area (Å²) in [4.78, 5) is 20.1. The number of hydrogen-bond acceptors (Lipinski definition) is 8. The van der Waals surface area contributed by atoms with Gasteiger partial charge in [0.1, 0.15) is 18.1 Å². The van der Waals surface area contributed by atoms with Crippen LogP contribution >= 0.6 is 0 Å². The van der Waals surface area contributed by atoms with E-state index in [1.165, 1.54) is 12.3 Å². The van der Waals surface area contributed by atoms with Gasteiger partial charge in [0.25, 0.3) is 5.69 Å². The van der Waals surface area contributed by atoms with Crippen molar-refractivity contribution in [2.75, 3.05) is 19.1 Å². The zero-order chi connectivity index (χ0) is 15.4. The molecule has 9 heteroatoms. The Kier molecular flexibility index (Phi) is 4.43. The molecule has 0 saturated carbocycles. The summed E-state index contributed by atoms with van der Waals surface area (Å²) in [5.74, 6) is 1.45. The van der Waals surface area contributed by atoms with Crippen molar-refractivity contribution in [1.29, 1.82) is 0 Å². The fourth-order valence-electron chi connectivity index (χ4n) is 1.60. The lowest BCUT2D eigenvalue weighted by atomic mass is 10.4. The summed E-state index contributed by atoms with van der Waals surface area (Å²) in [7, 11) is 3.34. The summed E-state index contributed by atoms with van der Waals surface area (Å²) in [5, 5.41) is 14.4. The molecule has 112 valence electrons. The van der Waals surface area contributed by atoms with E-state index in [0.717, 1.165) is 0 Å². The van der Waals surface area contributed by atoms with Gasteiger partial charge in [-0.1, -0.05) is 5.16 Å². The Morgan fingerprint density at radius 3 is 2.86 bits per heavy atom. The SMILES string of the molecule is CO[C@@H](C)c1noc(CN(C)c2ccc([N+](=O)[O-])cn2)n1. The molecule has 0 radical (unpaired) electrons. The molecule has 2 aromatic rings. The fraction of sp³-hybridized carbons (Fsp3) is 0.417. The first-order valence-electron chi connectivity index (χ1n) is 6.18. The molecule has 0 spiro atoms. The number of pyridine rings is 1. The van der Waals surface area contributed by atoms with E-state index in [-0.39, 0.29) is 11.8 Å². The molecule has 2 heterocycles. The second-order valence-electron chi connectivity index (χ2n) is 4.41. The van der Waals surface area contributed by atoms with Crippen LogP contribution in [-0.4, -0.2) is 34.2 Å². The maximum absolute atomic E-state index is 10.6. The quantitative estimate of drug-likeness (QED) is 0.585. The van der Waals surface area contributed by atoms with Crippen molar-refractivity contribution in [3.05, 3.63) is 40.2 Å². The average Bonchev–Trinajstić information content (AvgIpc) is 2.95. The van der Waals surface area contributed by atoms with Crippen LogP contribution in [0.5, 0.6) is 0 Å². The number of methoxy groups -OCH3 is 1. The average molecular weight is 293 g/mol. The summed E-state index contributed by atoms with van der Waals surface area (Å²) in [6.45, 7) is 2.16. The standard InChI is InChI=1S/C12H15N5O4/c1-8(20-3)12-14-11(21-15-12)7-16(2)10-5-4-9(6-13-10)17(18)19/h4-6,8H,7H2,1-3H3/t8-/m0/s1. The number of nitro groups is 1. The minimum atomic E-state index is -0.493. The molecule has 0 saturated heterocycles. The van der Waals surface area contributed by atoms with E-state index in [2.05, 4.69) is 15.1 Å². The van der Waals surface area contributed by atoms with Crippen LogP contribution < -0.4 is 4.90 Å². The lowest BCUT2D eigenvalue weighted by molar-refractivity contribution is -0.385. The van der Waals surface area contributed by atoms with Crippen LogP contribution in [0.15, 0.2) is 22.9 Å². The third-order valence-electron chi connectivity index (χ3n) is 2.91. The van der Waals surface area contributed by atoms with E-state index < -0.39 is 4.92 Å². The molecule has 0 fully saturated rings. The van der Waals surface area contributed by atoms with Gasteiger partial charge in [0.2, 0.25) is 5.89 Å². The Morgan fingerprint density at radius 1 is 1.52 bits per heavy atom. The van der Waals surface area contributed by atoms with Gasteiger partial charge in [0.15, 0.2) is 5.82 Å². The van der Waals surface area contributed by atoms with E-state index in [1.54, 1.807) is 25.1 Å². The van der Waals surface area contributed by atoms with Crippen LogP contribution in [-0.2, 0) is 11.3 Å². The highest BCUT2D eigenvalue weighted by molar-refractivity contribution is 5.42. The van der Waals surface area contributed by atoms with Crippen LogP contribution in [0.3, 0.4) is 0 Å². The second-order valence-corrected chi connectivity index (χ2v) is 4.41. The summed E-state index contributed by atoms with van der Waals surface area (Å²) in [6.07, 6.45) is 0.961. The molecule has 0 aromatic carbocycles. The van der Waals surface area contributed by atoms with Crippen molar-refractivity contribution in [3.63, 3.8) is 0 Å².